The fraction of sp³-hybridized carbons (Fsp3) is 0.231. The molecule has 1 heterocycles. The molecule has 0 aliphatic rings. The molecule has 0 fully saturated rings. The van der Waals surface area contributed by atoms with Crippen LogP contribution in [0, 0.1) is 13.8 Å². The summed E-state index contributed by atoms with van der Waals surface area (Å²) in [5.41, 5.74) is 3.85. The first-order valence-corrected chi connectivity index (χ1v) is 10.7. The summed E-state index contributed by atoms with van der Waals surface area (Å²) in [7, 11) is 0. The number of nitrogens with zero attached hydrogens (tertiary/aromatic N) is 3. The van der Waals surface area contributed by atoms with E-state index in [1.54, 1.807) is 15.8 Å². The van der Waals surface area contributed by atoms with Crippen LogP contribution in [0.15, 0.2) is 72.9 Å². The second-order valence-corrected chi connectivity index (χ2v) is 8.12. The molecule has 0 aliphatic heterocycles. The van der Waals surface area contributed by atoms with Gasteiger partial charge in [0.15, 0.2) is 0 Å². The number of benzene rings is 3. The van der Waals surface area contributed by atoms with E-state index < -0.39 is 11.7 Å². The molecule has 1 aromatic heterocycles. The average molecular weight is 451 g/mol. The van der Waals surface area contributed by atoms with Crippen molar-refractivity contribution in [1.29, 1.82) is 0 Å². The summed E-state index contributed by atoms with van der Waals surface area (Å²) in [6.45, 7) is 4.39. The summed E-state index contributed by atoms with van der Waals surface area (Å²) in [4.78, 5) is 15.1. The molecule has 4 nitrogen and oxygen atoms in total. The topological polar surface area (TPSA) is 38.1 Å². The van der Waals surface area contributed by atoms with Crippen molar-refractivity contribution < 1.29 is 18.0 Å². The molecule has 0 bridgehead atoms. The number of hydrogen-bond acceptors (Lipinski definition) is 2. The maximum Gasteiger partial charge on any atom is 0.416 e. The van der Waals surface area contributed by atoms with Gasteiger partial charge in [0, 0.05) is 17.6 Å². The Hall–Kier alpha value is -3.61. The number of carbonyl (C=O) groups is 1. The van der Waals surface area contributed by atoms with Gasteiger partial charge in [-0.2, -0.15) is 18.3 Å². The second kappa shape index (κ2) is 9.10. The first-order valence-electron chi connectivity index (χ1n) is 10.7. The number of para-hydroxylation sites is 1. The van der Waals surface area contributed by atoms with E-state index in [9.17, 15) is 18.0 Å². The summed E-state index contributed by atoms with van der Waals surface area (Å²) in [6.07, 6.45) is -2.21. The number of aryl methyl sites for hydroxylation is 2. The van der Waals surface area contributed by atoms with Gasteiger partial charge in [0.2, 0.25) is 5.91 Å². The van der Waals surface area contributed by atoms with Crippen LogP contribution in [0.2, 0.25) is 0 Å². The number of aromatic nitrogens is 2. The molecule has 4 rings (SSSR count). The van der Waals surface area contributed by atoms with Gasteiger partial charge in [-0.3, -0.25) is 9.48 Å². The van der Waals surface area contributed by atoms with E-state index in [-0.39, 0.29) is 12.5 Å². The first-order chi connectivity index (χ1) is 15.7. The van der Waals surface area contributed by atoms with Gasteiger partial charge in [0.05, 0.1) is 17.3 Å². The van der Waals surface area contributed by atoms with Gasteiger partial charge in [0.25, 0.3) is 0 Å². The normalized spacial score (nSPS) is 11.7. The summed E-state index contributed by atoms with van der Waals surface area (Å²) in [5, 5.41) is 5.31. The highest BCUT2D eigenvalue weighted by molar-refractivity contribution is 5.94. The molecule has 0 unspecified atom stereocenters. The molecule has 0 atom stereocenters. The van der Waals surface area contributed by atoms with E-state index in [4.69, 9.17) is 0 Å². The predicted molar refractivity (Wildman–Crippen MR) is 123 cm³/mol. The molecule has 3 aromatic carbocycles. The number of carbonyl (C=O) groups excluding carboxylic acids is 1. The molecule has 33 heavy (non-hydrogen) atoms. The maximum atomic E-state index is 13.4. The zero-order chi connectivity index (χ0) is 23.6. The van der Waals surface area contributed by atoms with E-state index in [1.165, 1.54) is 12.1 Å². The Kier molecular flexibility index (Phi) is 6.22. The minimum absolute atomic E-state index is 0.0629. The van der Waals surface area contributed by atoms with Gasteiger partial charge in [-0.05, 0) is 67.3 Å². The monoisotopic (exact) mass is 451 g/mol. The molecular formula is C26H24F3N3O. The fourth-order valence-electron chi connectivity index (χ4n) is 3.76. The molecule has 1 amide bonds. The second-order valence-electron chi connectivity index (χ2n) is 8.12. The van der Waals surface area contributed by atoms with Crippen molar-refractivity contribution in [2.75, 3.05) is 11.4 Å². The number of hydrogen-bond donors (Lipinski definition) is 0. The zero-order valence-electron chi connectivity index (χ0n) is 18.4. The Morgan fingerprint density at radius 1 is 0.970 bits per heavy atom. The van der Waals surface area contributed by atoms with Crippen molar-refractivity contribution in [1.82, 2.24) is 9.78 Å². The molecular weight excluding hydrogens is 427 g/mol. The van der Waals surface area contributed by atoms with Crippen molar-refractivity contribution in [2.24, 2.45) is 0 Å². The van der Waals surface area contributed by atoms with Crippen molar-refractivity contribution >= 4 is 22.5 Å². The fourth-order valence-corrected chi connectivity index (χ4v) is 3.76. The Morgan fingerprint density at radius 3 is 2.39 bits per heavy atom. The highest BCUT2D eigenvalue weighted by atomic mass is 19.4. The van der Waals surface area contributed by atoms with Crippen LogP contribution in [-0.4, -0.2) is 22.2 Å². The molecule has 0 aliphatic carbocycles. The van der Waals surface area contributed by atoms with Crippen LogP contribution in [-0.2, 0) is 23.9 Å². The van der Waals surface area contributed by atoms with Crippen LogP contribution in [0.1, 0.15) is 22.3 Å². The summed E-state index contributed by atoms with van der Waals surface area (Å²) < 4.78 is 40.3. The largest absolute Gasteiger partial charge is 0.416 e. The lowest BCUT2D eigenvalue weighted by molar-refractivity contribution is -0.137. The number of halogens is 3. The van der Waals surface area contributed by atoms with Crippen LogP contribution < -0.4 is 4.90 Å². The number of anilines is 1. The summed E-state index contributed by atoms with van der Waals surface area (Å²) in [5.74, 6) is -0.140. The van der Waals surface area contributed by atoms with Crippen molar-refractivity contribution in [3.8, 4) is 0 Å². The van der Waals surface area contributed by atoms with E-state index in [0.717, 1.165) is 45.4 Å². The van der Waals surface area contributed by atoms with E-state index in [1.807, 2.05) is 56.3 Å². The van der Waals surface area contributed by atoms with Crippen LogP contribution in [0.5, 0.6) is 0 Å². The van der Waals surface area contributed by atoms with Gasteiger partial charge < -0.3 is 4.90 Å². The predicted octanol–water partition coefficient (Wildman–Crippen LogP) is 5.95. The zero-order valence-corrected chi connectivity index (χ0v) is 18.4. The minimum Gasteiger partial charge on any atom is -0.310 e. The smallest absolute Gasteiger partial charge is 0.310 e. The molecule has 7 heteroatoms. The van der Waals surface area contributed by atoms with E-state index >= 15 is 0 Å². The maximum absolute atomic E-state index is 13.4. The van der Waals surface area contributed by atoms with E-state index in [0.29, 0.717) is 13.0 Å². The van der Waals surface area contributed by atoms with Crippen LogP contribution in [0.4, 0.5) is 18.9 Å². The van der Waals surface area contributed by atoms with Gasteiger partial charge in [-0.1, -0.05) is 36.4 Å². The van der Waals surface area contributed by atoms with Gasteiger partial charge in [-0.15, -0.1) is 0 Å². The van der Waals surface area contributed by atoms with Crippen LogP contribution >= 0.6 is 0 Å². The summed E-state index contributed by atoms with van der Waals surface area (Å²) in [6, 6.07) is 18.6. The standard InChI is InChI=1S/C26H24F3N3O/c1-18-7-12-23(15-19(18)2)31(14-13-20-8-10-22(11-9-20)26(27,28)29)25(33)17-32-24-6-4-3-5-21(24)16-30-32/h3-12,15-16H,13-14,17H2,1-2H3. The van der Waals surface area contributed by atoms with E-state index in [2.05, 4.69) is 5.10 Å². The van der Waals surface area contributed by atoms with Gasteiger partial charge in [-0.25, -0.2) is 0 Å². The van der Waals surface area contributed by atoms with Crippen molar-refractivity contribution in [3.05, 3.63) is 95.2 Å². The molecule has 0 saturated heterocycles. The van der Waals surface area contributed by atoms with Crippen molar-refractivity contribution in [2.45, 2.75) is 33.0 Å². The number of alkyl halides is 3. The lowest BCUT2D eigenvalue weighted by atomic mass is 10.1. The third kappa shape index (κ3) is 5.08. The molecule has 0 N–H and O–H groups in total. The Morgan fingerprint density at radius 2 is 1.70 bits per heavy atom. The lowest BCUT2D eigenvalue weighted by Gasteiger charge is -2.24. The van der Waals surface area contributed by atoms with Crippen LogP contribution in [0.3, 0.4) is 0 Å². The molecule has 4 aromatic rings. The lowest BCUT2D eigenvalue weighted by Crippen LogP contribution is -2.36. The third-order valence-corrected chi connectivity index (χ3v) is 5.84. The number of amides is 1. The molecule has 170 valence electrons. The van der Waals surface area contributed by atoms with Crippen molar-refractivity contribution in [3.63, 3.8) is 0 Å². The SMILES string of the molecule is Cc1ccc(N(CCc2ccc(C(F)(F)F)cc2)C(=O)Cn2ncc3ccccc32)cc1C. The third-order valence-electron chi connectivity index (χ3n) is 5.84. The molecule has 0 spiro atoms. The highest BCUT2D eigenvalue weighted by Gasteiger charge is 2.30. The number of fused-ring (bicyclic) bond motifs is 1. The van der Waals surface area contributed by atoms with Gasteiger partial charge in [0.1, 0.15) is 6.54 Å². The Labute approximate surface area is 190 Å². The number of rotatable bonds is 6. The quantitative estimate of drug-likeness (QED) is 0.363. The minimum atomic E-state index is -4.37. The van der Waals surface area contributed by atoms with Gasteiger partial charge >= 0.3 is 6.18 Å². The molecule has 0 radical (unpaired) electrons. The highest BCUT2D eigenvalue weighted by Crippen LogP contribution is 2.29. The average Bonchev–Trinajstić information content (AvgIpc) is 3.19. The van der Waals surface area contributed by atoms with Crippen LogP contribution in [0.25, 0.3) is 10.9 Å². The Bertz CT molecular complexity index is 1280. The Balaban J connectivity index is 1.57. The molecule has 0 saturated carbocycles. The summed E-state index contributed by atoms with van der Waals surface area (Å²) >= 11 is 0. The first kappa shape index (κ1) is 22.6.